The summed E-state index contributed by atoms with van der Waals surface area (Å²) in [7, 11) is 0. The first-order chi connectivity index (χ1) is 10.2. The van der Waals surface area contributed by atoms with Gasteiger partial charge in [-0.25, -0.2) is 9.37 Å². The van der Waals surface area contributed by atoms with E-state index in [0.29, 0.717) is 21.4 Å². The largest absolute Gasteiger partial charge is 0.328 e. The van der Waals surface area contributed by atoms with Crippen molar-refractivity contribution in [2.45, 2.75) is 0 Å². The third-order valence-electron chi connectivity index (χ3n) is 2.96. The number of fused-ring (bicyclic) bond motifs is 2. The fourth-order valence-electron chi connectivity index (χ4n) is 2.00. The minimum absolute atomic E-state index is 0.276. The molecule has 0 aliphatic rings. The van der Waals surface area contributed by atoms with Crippen molar-refractivity contribution in [3.63, 3.8) is 0 Å². The van der Waals surface area contributed by atoms with E-state index < -0.39 is 0 Å². The molecule has 4 aromatic rings. The lowest BCUT2D eigenvalue weighted by Gasteiger charge is -2.05. The van der Waals surface area contributed by atoms with E-state index in [1.165, 1.54) is 23.5 Å². The lowest BCUT2D eigenvalue weighted by atomic mass is 10.2. The lowest BCUT2D eigenvalue weighted by Crippen LogP contribution is -1.91. The van der Waals surface area contributed by atoms with Crippen LogP contribution in [0.3, 0.4) is 0 Å². The number of benzene rings is 2. The minimum Gasteiger partial charge on any atom is -0.328 e. The highest BCUT2D eigenvalue weighted by molar-refractivity contribution is 7.22. The van der Waals surface area contributed by atoms with Gasteiger partial charge in [-0.2, -0.15) is 8.75 Å². The average Bonchev–Trinajstić information content (AvgIpc) is 3.07. The topological polar surface area (TPSA) is 50.7 Å². The molecule has 0 aliphatic carbocycles. The smallest absolute Gasteiger partial charge is 0.188 e. The van der Waals surface area contributed by atoms with E-state index in [4.69, 9.17) is 11.6 Å². The number of nitrogens with one attached hydrogen (secondary N) is 1. The van der Waals surface area contributed by atoms with Crippen molar-refractivity contribution in [2.75, 3.05) is 5.32 Å². The standard InChI is InChI=1S/C13H6ClFN4S2/c14-7-2-4-9-12(19-21-18-9)11(7)17-13-16-8-3-1-6(15)5-10(8)20-13/h1-5H,(H,16,17). The Morgan fingerprint density at radius 1 is 1.10 bits per heavy atom. The molecule has 2 aromatic carbocycles. The molecule has 4 rings (SSSR count). The van der Waals surface area contributed by atoms with Gasteiger partial charge in [0.15, 0.2) is 5.13 Å². The summed E-state index contributed by atoms with van der Waals surface area (Å²) >= 11 is 8.71. The Balaban J connectivity index is 1.82. The fourth-order valence-corrected chi connectivity index (χ4v) is 3.64. The number of nitrogens with zero attached hydrogens (tertiary/aromatic N) is 3. The quantitative estimate of drug-likeness (QED) is 0.569. The molecule has 1 N–H and O–H groups in total. The van der Waals surface area contributed by atoms with E-state index in [-0.39, 0.29) is 5.82 Å². The van der Waals surface area contributed by atoms with E-state index in [0.717, 1.165) is 27.5 Å². The van der Waals surface area contributed by atoms with E-state index >= 15 is 0 Å². The Hall–Kier alpha value is -1.83. The summed E-state index contributed by atoms with van der Waals surface area (Å²) < 4.78 is 22.4. The normalized spacial score (nSPS) is 11.3. The maximum atomic E-state index is 13.2. The van der Waals surface area contributed by atoms with Gasteiger partial charge in [0.1, 0.15) is 16.9 Å². The third kappa shape index (κ3) is 2.23. The van der Waals surface area contributed by atoms with E-state index in [1.807, 2.05) is 6.07 Å². The third-order valence-corrected chi connectivity index (χ3v) is 4.75. The van der Waals surface area contributed by atoms with E-state index in [1.54, 1.807) is 12.1 Å². The van der Waals surface area contributed by atoms with Gasteiger partial charge in [-0.3, -0.25) is 0 Å². The van der Waals surface area contributed by atoms with Crippen molar-refractivity contribution >= 4 is 66.7 Å². The summed E-state index contributed by atoms with van der Waals surface area (Å²) in [6.07, 6.45) is 0. The average molecular weight is 337 g/mol. The van der Waals surface area contributed by atoms with Crippen molar-refractivity contribution in [3.8, 4) is 0 Å². The molecule has 0 saturated heterocycles. The highest BCUT2D eigenvalue weighted by Gasteiger charge is 2.12. The second-order valence-electron chi connectivity index (χ2n) is 4.31. The number of halogens is 2. The lowest BCUT2D eigenvalue weighted by molar-refractivity contribution is 0.630. The Bertz CT molecular complexity index is 965. The Kier molecular flexibility index (Phi) is 2.99. The van der Waals surface area contributed by atoms with Crippen molar-refractivity contribution in [1.82, 2.24) is 13.7 Å². The highest BCUT2D eigenvalue weighted by Crippen LogP contribution is 2.35. The van der Waals surface area contributed by atoms with Gasteiger partial charge in [0.05, 0.1) is 32.7 Å². The molecular weight excluding hydrogens is 331 g/mol. The number of hydrogen-bond acceptors (Lipinski definition) is 6. The van der Waals surface area contributed by atoms with Gasteiger partial charge < -0.3 is 5.32 Å². The molecule has 2 aromatic heterocycles. The van der Waals surface area contributed by atoms with Crippen LogP contribution in [-0.4, -0.2) is 13.7 Å². The Morgan fingerprint density at radius 3 is 2.86 bits per heavy atom. The van der Waals surface area contributed by atoms with Crippen LogP contribution in [0.2, 0.25) is 5.02 Å². The maximum Gasteiger partial charge on any atom is 0.188 e. The van der Waals surface area contributed by atoms with Crippen molar-refractivity contribution in [1.29, 1.82) is 0 Å². The first kappa shape index (κ1) is 12.9. The van der Waals surface area contributed by atoms with Crippen LogP contribution in [0.5, 0.6) is 0 Å². The summed E-state index contributed by atoms with van der Waals surface area (Å²) in [5.74, 6) is -0.276. The molecule has 0 unspecified atom stereocenters. The zero-order chi connectivity index (χ0) is 14.4. The van der Waals surface area contributed by atoms with E-state index in [9.17, 15) is 4.39 Å². The molecule has 8 heteroatoms. The highest BCUT2D eigenvalue weighted by atomic mass is 35.5. The zero-order valence-electron chi connectivity index (χ0n) is 10.3. The molecule has 0 fully saturated rings. The summed E-state index contributed by atoms with van der Waals surface area (Å²) in [4.78, 5) is 4.42. The second kappa shape index (κ2) is 4.87. The van der Waals surface area contributed by atoms with Crippen LogP contribution >= 0.6 is 34.7 Å². The molecule has 0 atom stereocenters. The molecule has 0 saturated carbocycles. The van der Waals surface area contributed by atoms with Gasteiger partial charge in [0, 0.05) is 0 Å². The summed E-state index contributed by atoms with van der Waals surface area (Å²) in [6, 6.07) is 8.09. The van der Waals surface area contributed by atoms with Gasteiger partial charge >= 0.3 is 0 Å². The van der Waals surface area contributed by atoms with Gasteiger partial charge in [-0.1, -0.05) is 22.9 Å². The summed E-state index contributed by atoms with van der Waals surface area (Å²) in [6.45, 7) is 0. The monoisotopic (exact) mass is 336 g/mol. The molecule has 0 aliphatic heterocycles. The summed E-state index contributed by atoms with van der Waals surface area (Å²) in [5.41, 5.74) is 2.89. The number of anilines is 2. The molecule has 2 heterocycles. The van der Waals surface area contributed by atoms with E-state index in [2.05, 4.69) is 19.0 Å². The molecule has 0 spiro atoms. The molecule has 0 amide bonds. The van der Waals surface area contributed by atoms with Crippen LogP contribution in [0.15, 0.2) is 30.3 Å². The Labute approximate surface area is 131 Å². The number of aromatic nitrogens is 3. The van der Waals surface area contributed by atoms with Crippen molar-refractivity contribution < 1.29 is 4.39 Å². The molecule has 0 radical (unpaired) electrons. The zero-order valence-corrected chi connectivity index (χ0v) is 12.7. The summed E-state index contributed by atoms with van der Waals surface area (Å²) in [5, 5.41) is 4.35. The van der Waals surface area contributed by atoms with Gasteiger partial charge in [0.25, 0.3) is 0 Å². The number of thiazole rings is 1. The van der Waals surface area contributed by atoms with Gasteiger partial charge in [-0.05, 0) is 30.3 Å². The van der Waals surface area contributed by atoms with Crippen molar-refractivity contribution in [3.05, 3.63) is 41.2 Å². The predicted molar refractivity (Wildman–Crippen MR) is 85.3 cm³/mol. The van der Waals surface area contributed by atoms with Crippen LogP contribution < -0.4 is 5.32 Å². The number of hydrogen-bond donors (Lipinski definition) is 1. The molecule has 104 valence electrons. The van der Waals surface area contributed by atoms with Crippen LogP contribution in [0.4, 0.5) is 15.2 Å². The minimum atomic E-state index is -0.276. The fraction of sp³-hybridized carbons (Fsp3) is 0. The van der Waals surface area contributed by atoms with Crippen molar-refractivity contribution in [2.24, 2.45) is 0 Å². The van der Waals surface area contributed by atoms with Crippen LogP contribution in [-0.2, 0) is 0 Å². The molecule has 21 heavy (non-hydrogen) atoms. The maximum absolute atomic E-state index is 13.2. The van der Waals surface area contributed by atoms with Crippen LogP contribution in [0.25, 0.3) is 21.3 Å². The second-order valence-corrected chi connectivity index (χ2v) is 6.28. The molecule has 0 bridgehead atoms. The predicted octanol–water partition coefficient (Wildman–Crippen LogP) is 4.84. The Morgan fingerprint density at radius 2 is 1.95 bits per heavy atom. The molecular formula is C13H6ClFN4S2. The van der Waals surface area contributed by atoms with Crippen LogP contribution in [0, 0.1) is 5.82 Å². The first-order valence-corrected chi connectivity index (χ1v) is 7.87. The molecule has 4 nitrogen and oxygen atoms in total. The van der Waals surface area contributed by atoms with Crippen LogP contribution in [0.1, 0.15) is 0 Å². The first-order valence-electron chi connectivity index (χ1n) is 5.94. The van der Waals surface area contributed by atoms with Gasteiger partial charge in [0.2, 0.25) is 0 Å². The van der Waals surface area contributed by atoms with Gasteiger partial charge in [-0.15, -0.1) is 0 Å². The SMILES string of the molecule is Fc1ccc2nc(Nc3c(Cl)ccc4nsnc34)sc2c1. The number of rotatable bonds is 2.